The number of esters is 1. The molecule has 0 saturated heterocycles. The monoisotopic (exact) mass is 358 g/mol. The zero-order chi connectivity index (χ0) is 15.7. The van der Waals surface area contributed by atoms with Gasteiger partial charge in [-0.25, -0.2) is 9.48 Å². The number of carbonyl (C=O) groups excluding carboxylic acids is 1. The van der Waals surface area contributed by atoms with Crippen molar-refractivity contribution in [2.24, 2.45) is 0 Å². The van der Waals surface area contributed by atoms with Crippen molar-refractivity contribution < 1.29 is 9.53 Å². The fourth-order valence-corrected chi connectivity index (χ4v) is 3.69. The molecular weight excluding hydrogens is 347 g/mol. The van der Waals surface area contributed by atoms with Crippen LogP contribution in [0.3, 0.4) is 0 Å². The summed E-state index contributed by atoms with van der Waals surface area (Å²) >= 11 is 13.9. The quantitative estimate of drug-likeness (QED) is 0.602. The molecule has 0 radical (unpaired) electrons. The second-order valence-electron chi connectivity index (χ2n) is 4.80. The molecule has 0 amide bonds. The third kappa shape index (κ3) is 3.06. The first-order valence-corrected chi connectivity index (χ1v) is 8.31. The van der Waals surface area contributed by atoms with Crippen LogP contribution in [0.2, 0.25) is 10.0 Å². The number of tetrazole rings is 1. The van der Waals surface area contributed by atoms with Crippen LogP contribution in [-0.2, 0) is 10.5 Å². The van der Waals surface area contributed by atoms with Crippen LogP contribution < -0.4 is 0 Å². The van der Waals surface area contributed by atoms with Gasteiger partial charge in [-0.2, -0.15) is 0 Å². The zero-order valence-corrected chi connectivity index (χ0v) is 14.0. The van der Waals surface area contributed by atoms with Gasteiger partial charge >= 0.3 is 5.97 Å². The van der Waals surface area contributed by atoms with Crippen LogP contribution in [0.5, 0.6) is 0 Å². The maximum atomic E-state index is 11.7. The normalized spacial score (nSPS) is 14.1. The van der Waals surface area contributed by atoms with Crippen LogP contribution in [0.4, 0.5) is 0 Å². The van der Waals surface area contributed by atoms with E-state index in [9.17, 15) is 4.79 Å². The molecule has 1 saturated carbocycles. The van der Waals surface area contributed by atoms with Gasteiger partial charge in [0.1, 0.15) is 0 Å². The van der Waals surface area contributed by atoms with Crippen molar-refractivity contribution in [3.63, 3.8) is 0 Å². The molecular formula is C13H12Cl2N4O2S. The first kappa shape index (κ1) is 15.6. The van der Waals surface area contributed by atoms with E-state index in [1.165, 1.54) is 18.9 Å². The molecule has 1 aliphatic rings. The largest absolute Gasteiger partial charge is 0.465 e. The van der Waals surface area contributed by atoms with Gasteiger partial charge in [0.15, 0.2) is 0 Å². The Labute approximate surface area is 141 Å². The highest BCUT2D eigenvalue weighted by Gasteiger charge is 2.28. The average Bonchev–Trinajstić information content (AvgIpc) is 3.25. The Hall–Kier alpha value is -1.31. The molecule has 0 unspecified atom stereocenters. The number of ether oxygens (including phenoxy) is 1. The summed E-state index contributed by atoms with van der Waals surface area (Å²) in [6.07, 6.45) is 2.19. The first-order valence-electron chi connectivity index (χ1n) is 6.57. The summed E-state index contributed by atoms with van der Waals surface area (Å²) in [7, 11) is 1.31. The SMILES string of the molecule is COC(=O)c1ccc(Cl)c(CSc2nnnn2C2CC2)c1Cl. The van der Waals surface area contributed by atoms with E-state index >= 15 is 0 Å². The maximum Gasteiger partial charge on any atom is 0.339 e. The molecule has 1 heterocycles. The standard InChI is InChI=1S/C13H12Cl2N4O2S/c1-21-12(20)8-4-5-10(14)9(11(8)15)6-22-13-16-17-18-19(13)7-2-3-7/h4-5,7H,2-3,6H2,1H3. The smallest absolute Gasteiger partial charge is 0.339 e. The van der Waals surface area contributed by atoms with Crippen LogP contribution in [0, 0.1) is 0 Å². The predicted molar refractivity (Wildman–Crippen MR) is 83.5 cm³/mol. The van der Waals surface area contributed by atoms with E-state index in [-0.39, 0.29) is 0 Å². The molecule has 0 spiro atoms. The minimum atomic E-state index is -0.490. The van der Waals surface area contributed by atoms with Gasteiger partial charge in [0.05, 0.1) is 23.7 Å². The van der Waals surface area contributed by atoms with Gasteiger partial charge in [0.25, 0.3) is 0 Å². The molecule has 2 aromatic rings. The van der Waals surface area contributed by atoms with Crippen molar-refractivity contribution in [3.05, 3.63) is 33.3 Å². The number of rotatable bonds is 5. The Kier molecular flexibility index (Phi) is 4.56. The van der Waals surface area contributed by atoms with Gasteiger partial charge in [-0.1, -0.05) is 35.0 Å². The lowest BCUT2D eigenvalue weighted by molar-refractivity contribution is 0.0601. The fraction of sp³-hybridized carbons (Fsp3) is 0.385. The summed E-state index contributed by atoms with van der Waals surface area (Å²) in [6, 6.07) is 3.59. The van der Waals surface area contributed by atoms with Crippen LogP contribution in [-0.4, -0.2) is 33.3 Å². The summed E-state index contributed by atoms with van der Waals surface area (Å²) in [5, 5.41) is 13.2. The van der Waals surface area contributed by atoms with E-state index < -0.39 is 5.97 Å². The van der Waals surface area contributed by atoms with Crippen molar-refractivity contribution in [2.75, 3.05) is 7.11 Å². The lowest BCUT2D eigenvalue weighted by Gasteiger charge is -2.10. The van der Waals surface area contributed by atoms with E-state index in [0.29, 0.717) is 33.0 Å². The van der Waals surface area contributed by atoms with Crippen LogP contribution in [0.1, 0.15) is 34.8 Å². The van der Waals surface area contributed by atoms with Gasteiger partial charge in [-0.3, -0.25) is 0 Å². The molecule has 116 valence electrons. The van der Waals surface area contributed by atoms with E-state index in [2.05, 4.69) is 15.5 Å². The topological polar surface area (TPSA) is 69.9 Å². The molecule has 0 aliphatic heterocycles. The Morgan fingerprint density at radius 1 is 1.45 bits per heavy atom. The molecule has 6 nitrogen and oxygen atoms in total. The van der Waals surface area contributed by atoms with Gasteiger partial charge < -0.3 is 4.74 Å². The number of carbonyl (C=O) groups is 1. The Bertz CT molecular complexity index is 718. The molecule has 3 rings (SSSR count). The second-order valence-corrected chi connectivity index (χ2v) is 6.53. The molecule has 1 fully saturated rings. The highest BCUT2D eigenvalue weighted by atomic mass is 35.5. The van der Waals surface area contributed by atoms with Crippen LogP contribution >= 0.6 is 35.0 Å². The number of hydrogen-bond donors (Lipinski definition) is 0. The molecule has 9 heteroatoms. The Morgan fingerprint density at radius 2 is 2.23 bits per heavy atom. The maximum absolute atomic E-state index is 11.7. The summed E-state index contributed by atoms with van der Waals surface area (Å²) in [5.41, 5.74) is 0.965. The molecule has 0 N–H and O–H groups in total. The third-order valence-electron chi connectivity index (χ3n) is 3.29. The van der Waals surface area contributed by atoms with E-state index in [1.54, 1.807) is 12.1 Å². The lowest BCUT2D eigenvalue weighted by atomic mass is 10.1. The lowest BCUT2D eigenvalue weighted by Crippen LogP contribution is -2.04. The van der Waals surface area contributed by atoms with Crippen molar-refractivity contribution >= 4 is 40.9 Å². The van der Waals surface area contributed by atoms with Crippen molar-refractivity contribution in [1.82, 2.24) is 20.2 Å². The number of methoxy groups -OCH3 is 1. The van der Waals surface area contributed by atoms with Gasteiger partial charge in [0, 0.05) is 16.3 Å². The third-order valence-corrected chi connectivity index (χ3v) is 5.04. The Balaban J connectivity index is 1.82. The molecule has 1 aliphatic carbocycles. The molecule has 0 atom stereocenters. The van der Waals surface area contributed by atoms with Gasteiger partial charge in [-0.15, -0.1) is 5.10 Å². The number of aromatic nitrogens is 4. The number of benzene rings is 1. The summed E-state index contributed by atoms with van der Waals surface area (Å²) in [5.74, 6) is -0.0222. The van der Waals surface area contributed by atoms with Crippen molar-refractivity contribution in [2.45, 2.75) is 29.8 Å². The number of hydrogen-bond acceptors (Lipinski definition) is 6. The molecule has 1 aromatic carbocycles. The highest BCUT2D eigenvalue weighted by Crippen LogP contribution is 2.38. The van der Waals surface area contributed by atoms with E-state index in [4.69, 9.17) is 27.9 Å². The minimum absolute atomic E-state index is 0.297. The first-order chi connectivity index (χ1) is 10.6. The number of nitrogens with zero attached hydrogens (tertiary/aromatic N) is 4. The van der Waals surface area contributed by atoms with Crippen molar-refractivity contribution in [3.8, 4) is 0 Å². The summed E-state index contributed by atoms with van der Waals surface area (Å²) in [6.45, 7) is 0. The van der Waals surface area contributed by atoms with E-state index in [1.807, 2.05) is 4.68 Å². The van der Waals surface area contributed by atoms with E-state index in [0.717, 1.165) is 18.0 Å². The molecule has 1 aromatic heterocycles. The summed E-state index contributed by atoms with van der Waals surface area (Å²) < 4.78 is 6.53. The average molecular weight is 359 g/mol. The molecule has 22 heavy (non-hydrogen) atoms. The van der Waals surface area contributed by atoms with Gasteiger partial charge in [0.2, 0.25) is 5.16 Å². The van der Waals surface area contributed by atoms with Crippen LogP contribution in [0.25, 0.3) is 0 Å². The minimum Gasteiger partial charge on any atom is -0.465 e. The number of thioether (sulfide) groups is 1. The van der Waals surface area contributed by atoms with Crippen molar-refractivity contribution in [1.29, 1.82) is 0 Å². The number of halogens is 2. The Morgan fingerprint density at radius 3 is 2.91 bits per heavy atom. The van der Waals surface area contributed by atoms with Gasteiger partial charge in [-0.05, 0) is 35.4 Å². The highest BCUT2D eigenvalue weighted by molar-refractivity contribution is 7.98. The predicted octanol–water partition coefficient (Wildman–Crippen LogP) is 3.39. The summed E-state index contributed by atoms with van der Waals surface area (Å²) in [4.78, 5) is 11.7. The fourth-order valence-electron chi connectivity index (χ4n) is 1.96. The molecule has 0 bridgehead atoms. The second kappa shape index (κ2) is 6.44. The zero-order valence-electron chi connectivity index (χ0n) is 11.6. The van der Waals surface area contributed by atoms with Crippen LogP contribution in [0.15, 0.2) is 17.3 Å².